The number of halogens is 3. The van der Waals surface area contributed by atoms with Crippen LogP contribution in [-0.2, 0) is 16.0 Å². The van der Waals surface area contributed by atoms with Crippen molar-refractivity contribution in [2.24, 2.45) is 0 Å². The Labute approximate surface area is 116 Å². The van der Waals surface area contributed by atoms with Crippen LogP contribution in [0.15, 0.2) is 6.07 Å². The summed E-state index contributed by atoms with van der Waals surface area (Å²) in [6.07, 6.45) is -5.62. The van der Waals surface area contributed by atoms with Crippen molar-refractivity contribution < 1.29 is 32.4 Å². The van der Waals surface area contributed by atoms with Gasteiger partial charge in [-0.15, -0.1) is 13.2 Å². The molecular weight excluding hydrogens is 297 g/mol. The number of carbonyl (C=O) groups is 1. The number of rotatable bonds is 5. The lowest BCUT2D eigenvalue weighted by Gasteiger charge is -2.11. The van der Waals surface area contributed by atoms with Gasteiger partial charge in [-0.25, -0.2) is 0 Å². The van der Waals surface area contributed by atoms with Crippen LogP contribution in [-0.4, -0.2) is 28.8 Å². The van der Waals surface area contributed by atoms with Gasteiger partial charge in [0.2, 0.25) is 0 Å². The lowest BCUT2D eigenvalue weighted by atomic mass is 10.1. The number of aryl methyl sites for hydroxylation is 1. The van der Waals surface area contributed by atoms with Crippen LogP contribution in [0.2, 0.25) is 0 Å². The molecule has 0 unspecified atom stereocenters. The Morgan fingerprint density at radius 1 is 1.48 bits per heavy atom. The molecule has 7 nitrogen and oxygen atoms in total. The molecule has 0 fully saturated rings. The second kappa shape index (κ2) is 6.37. The number of aromatic nitrogens is 1. The van der Waals surface area contributed by atoms with E-state index in [9.17, 15) is 28.1 Å². The summed E-state index contributed by atoms with van der Waals surface area (Å²) in [5.74, 6) is -2.62. The molecule has 0 aliphatic heterocycles. The maximum Gasteiger partial charge on any atom is 0.575 e. The van der Waals surface area contributed by atoms with Crippen LogP contribution in [0.5, 0.6) is 5.88 Å². The first-order valence-electron chi connectivity index (χ1n) is 5.70. The molecule has 0 bridgehead atoms. The SMILES string of the molecule is CCOC(=O)Cc1c(C)cc([N+](=O)[O-])nc1OC(F)(F)F. The molecule has 1 aromatic heterocycles. The first kappa shape index (κ1) is 16.7. The van der Waals surface area contributed by atoms with E-state index in [0.29, 0.717) is 0 Å². The van der Waals surface area contributed by atoms with Crippen molar-refractivity contribution >= 4 is 11.8 Å². The van der Waals surface area contributed by atoms with Gasteiger partial charge in [-0.1, -0.05) is 0 Å². The van der Waals surface area contributed by atoms with Crippen LogP contribution in [0.25, 0.3) is 0 Å². The second-order valence-corrected chi connectivity index (χ2v) is 3.87. The predicted octanol–water partition coefficient (Wildman–Crippen LogP) is 2.30. The van der Waals surface area contributed by atoms with Crippen molar-refractivity contribution in [3.05, 3.63) is 27.3 Å². The molecule has 1 heterocycles. The Bertz CT molecular complexity index is 560. The molecule has 21 heavy (non-hydrogen) atoms. The summed E-state index contributed by atoms with van der Waals surface area (Å²) in [5.41, 5.74) is -0.139. The summed E-state index contributed by atoms with van der Waals surface area (Å²) in [5, 5.41) is 10.6. The number of ether oxygens (including phenoxy) is 2. The first-order chi connectivity index (χ1) is 9.64. The van der Waals surface area contributed by atoms with E-state index >= 15 is 0 Å². The summed E-state index contributed by atoms with van der Waals surface area (Å²) in [6, 6.07) is 0.956. The minimum Gasteiger partial charge on any atom is -0.466 e. The van der Waals surface area contributed by atoms with Crippen molar-refractivity contribution in [2.45, 2.75) is 26.6 Å². The maximum absolute atomic E-state index is 12.3. The molecule has 0 radical (unpaired) electrons. The third-order valence-corrected chi connectivity index (χ3v) is 2.32. The molecule has 0 atom stereocenters. The van der Waals surface area contributed by atoms with Gasteiger partial charge in [0.1, 0.15) is 0 Å². The highest BCUT2D eigenvalue weighted by molar-refractivity contribution is 5.74. The minimum atomic E-state index is -5.09. The van der Waals surface area contributed by atoms with E-state index in [2.05, 4.69) is 14.5 Å². The number of alkyl halides is 3. The fraction of sp³-hybridized carbons (Fsp3) is 0.455. The van der Waals surface area contributed by atoms with E-state index in [-0.39, 0.29) is 17.7 Å². The molecule has 10 heteroatoms. The first-order valence-corrected chi connectivity index (χ1v) is 5.70. The number of hydrogen-bond acceptors (Lipinski definition) is 6. The van der Waals surface area contributed by atoms with Gasteiger partial charge >= 0.3 is 24.0 Å². The lowest BCUT2D eigenvalue weighted by Crippen LogP contribution is -2.21. The van der Waals surface area contributed by atoms with Gasteiger partial charge in [0.05, 0.1) is 18.6 Å². The number of hydrogen-bond donors (Lipinski definition) is 0. The van der Waals surface area contributed by atoms with Crippen molar-refractivity contribution in [3.8, 4) is 5.88 Å². The third-order valence-electron chi connectivity index (χ3n) is 2.32. The van der Waals surface area contributed by atoms with Gasteiger partial charge in [0.25, 0.3) is 0 Å². The number of nitro groups is 1. The third kappa shape index (κ3) is 4.89. The molecular formula is C11H11F3N2O5. The molecule has 1 rings (SSSR count). The van der Waals surface area contributed by atoms with Crippen LogP contribution < -0.4 is 4.74 Å². The maximum atomic E-state index is 12.3. The predicted molar refractivity (Wildman–Crippen MR) is 62.6 cm³/mol. The van der Waals surface area contributed by atoms with E-state index in [1.54, 1.807) is 0 Å². The zero-order chi connectivity index (χ0) is 16.2. The van der Waals surface area contributed by atoms with Crippen LogP contribution in [0.3, 0.4) is 0 Å². The normalized spacial score (nSPS) is 11.1. The van der Waals surface area contributed by atoms with Gasteiger partial charge in [-0.05, 0) is 24.3 Å². The van der Waals surface area contributed by atoms with E-state index in [4.69, 9.17) is 0 Å². The van der Waals surface area contributed by atoms with E-state index in [1.165, 1.54) is 13.8 Å². The van der Waals surface area contributed by atoms with Gasteiger partial charge < -0.3 is 19.6 Å². The largest absolute Gasteiger partial charge is 0.575 e. The van der Waals surface area contributed by atoms with Gasteiger partial charge in [0.15, 0.2) is 0 Å². The highest BCUT2D eigenvalue weighted by atomic mass is 19.4. The molecule has 0 N–H and O–H groups in total. The molecule has 1 aromatic rings. The molecule has 0 aliphatic carbocycles. The van der Waals surface area contributed by atoms with Crippen LogP contribution in [0.1, 0.15) is 18.1 Å². The van der Waals surface area contributed by atoms with Crippen LogP contribution in [0, 0.1) is 17.0 Å². The lowest BCUT2D eigenvalue weighted by molar-refractivity contribution is -0.390. The fourth-order valence-corrected chi connectivity index (χ4v) is 1.51. The Morgan fingerprint density at radius 3 is 2.57 bits per heavy atom. The zero-order valence-corrected chi connectivity index (χ0v) is 11.1. The van der Waals surface area contributed by atoms with E-state index < -0.39 is 35.4 Å². The Balaban J connectivity index is 3.25. The molecule has 0 saturated heterocycles. The smallest absolute Gasteiger partial charge is 0.466 e. The van der Waals surface area contributed by atoms with E-state index in [0.717, 1.165) is 6.07 Å². The minimum absolute atomic E-state index is 0.0494. The van der Waals surface area contributed by atoms with Crippen LogP contribution in [0.4, 0.5) is 19.0 Å². The quantitative estimate of drug-likeness (QED) is 0.471. The summed E-state index contributed by atoms with van der Waals surface area (Å²) in [6.45, 7) is 2.90. The topological polar surface area (TPSA) is 91.6 Å². The van der Waals surface area contributed by atoms with Crippen molar-refractivity contribution in [1.82, 2.24) is 4.98 Å². The Hall–Kier alpha value is -2.39. The number of carbonyl (C=O) groups excluding carboxylic acids is 1. The summed E-state index contributed by atoms with van der Waals surface area (Å²) >= 11 is 0. The number of nitrogens with zero attached hydrogens (tertiary/aromatic N) is 2. The molecule has 0 aliphatic rings. The Kier molecular flexibility index (Phi) is 5.06. The van der Waals surface area contributed by atoms with Crippen LogP contribution >= 0.6 is 0 Å². The molecule has 116 valence electrons. The molecule has 0 spiro atoms. The van der Waals surface area contributed by atoms with Gasteiger partial charge in [0, 0.05) is 11.1 Å². The number of pyridine rings is 1. The monoisotopic (exact) mass is 308 g/mol. The number of esters is 1. The highest BCUT2D eigenvalue weighted by Gasteiger charge is 2.36. The van der Waals surface area contributed by atoms with Crippen molar-refractivity contribution in [3.63, 3.8) is 0 Å². The highest BCUT2D eigenvalue weighted by Crippen LogP contribution is 2.30. The second-order valence-electron chi connectivity index (χ2n) is 3.87. The summed E-state index contributed by atoms with van der Waals surface area (Å²) < 4.78 is 45.3. The summed E-state index contributed by atoms with van der Waals surface area (Å²) in [7, 11) is 0. The average Bonchev–Trinajstić information content (AvgIpc) is 2.31. The van der Waals surface area contributed by atoms with Gasteiger partial charge in [-0.2, -0.15) is 0 Å². The fourth-order valence-electron chi connectivity index (χ4n) is 1.51. The summed E-state index contributed by atoms with van der Waals surface area (Å²) in [4.78, 5) is 24.2. The standard InChI is InChI=1S/C11H11F3N2O5/c1-3-20-9(17)5-7-6(2)4-8(16(18)19)15-10(7)21-11(12,13)14/h4H,3,5H2,1-2H3. The molecule has 0 amide bonds. The molecule has 0 aromatic carbocycles. The van der Waals surface area contributed by atoms with E-state index in [1.807, 2.05) is 0 Å². The Morgan fingerprint density at radius 2 is 2.10 bits per heavy atom. The van der Waals surface area contributed by atoms with Crippen molar-refractivity contribution in [1.29, 1.82) is 0 Å². The van der Waals surface area contributed by atoms with Gasteiger partial charge in [-0.3, -0.25) is 4.79 Å². The van der Waals surface area contributed by atoms with Crippen molar-refractivity contribution in [2.75, 3.05) is 6.61 Å². The molecule has 0 saturated carbocycles. The zero-order valence-electron chi connectivity index (χ0n) is 11.1. The average molecular weight is 308 g/mol.